The van der Waals surface area contributed by atoms with E-state index in [1.54, 1.807) is 6.92 Å². The molecule has 5 aliphatic rings. The molecule has 1 aliphatic carbocycles. The van der Waals surface area contributed by atoms with Crippen LogP contribution < -0.4 is 22.1 Å². The Labute approximate surface area is 252 Å². The molecule has 3 amide bonds. The molecule has 0 aromatic carbocycles. The summed E-state index contributed by atoms with van der Waals surface area (Å²) in [6.07, 6.45) is 3.65. The number of amides is 3. The summed E-state index contributed by atoms with van der Waals surface area (Å²) < 4.78 is 1.28. The van der Waals surface area contributed by atoms with Gasteiger partial charge in [0, 0.05) is 41.7 Å². The lowest BCUT2D eigenvalue weighted by Gasteiger charge is -2.47. The van der Waals surface area contributed by atoms with E-state index in [4.69, 9.17) is 11.5 Å². The fraction of sp³-hybridized carbons (Fsp3) is 0.692. The van der Waals surface area contributed by atoms with Gasteiger partial charge in [-0.05, 0) is 48.4 Å². The molecule has 4 aliphatic heterocycles. The number of carboxylic acid groups (broad SMARTS) is 1. The zero-order valence-electron chi connectivity index (χ0n) is 24.0. The van der Waals surface area contributed by atoms with Gasteiger partial charge >= 0.3 is 5.97 Å². The van der Waals surface area contributed by atoms with E-state index < -0.39 is 17.9 Å². The summed E-state index contributed by atoms with van der Waals surface area (Å²) in [6.45, 7) is 5.55. The first-order valence-corrected chi connectivity index (χ1v) is 15.5. The van der Waals surface area contributed by atoms with Crippen molar-refractivity contribution < 1.29 is 24.3 Å². The van der Waals surface area contributed by atoms with Crippen molar-refractivity contribution in [1.29, 1.82) is 0 Å². The molecule has 16 nitrogen and oxygen atoms in total. The van der Waals surface area contributed by atoms with Gasteiger partial charge in [0.05, 0.1) is 24.0 Å². The zero-order chi connectivity index (χ0) is 30.6. The number of thioether (sulfide) groups is 1. The molecule has 5 unspecified atom stereocenters. The highest BCUT2D eigenvalue weighted by molar-refractivity contribution is 8.03. The van der Waals surface area contributed by atoms with E-state index in [0.717, 1.165) is 12.8 Å². The van der Waals surface area contributed by atoms with Gasteiger partial charge in [-0.1, -0.05) is 6.92 Å². The Morgan fingerprint density at radius 1 is 1.23 bits per heavy atom. The minimum absolute atomic E-state index is 0.00782. The lowest BCUT2D eigenvalue weighted by Crippen LogP contribution is -2.66. The minimum atomic E-state index is -1.15. The van der Waals surface area contributed by atoms with E-state index in [0.29, 0.717) is 42.8 Å². The largest absolute Gasteiger partial charge is 0.477 e. The van der Waals surface area contributed by atoms with E-state index in [9.17, 15) is 24.3 Å². The first-order valence-electron chi connectivity index (χ1n) is 14.6. The van der Waals surface area contributed by atoms with Gasteiger partial charge < -0.3 is 37.0 Å². The number of fused-ring (bicyclic) bond motifs is 2. The summed E-state index contributed by atoms with van der Waals surface area (Å²) in [4.78, 5) is 59.7. The topological polar surface area (TPSA) is 227 Å². The quantitative estimate of drug-likeness (QED) is 0.115. The molecule has 0 bridgehead atoms. The molecule has 0 radical (unpaired) electrons. The Kier molecular flexibility index (Phi) is 7.78. The second-order valence-electron chi connectivity index (χ2n) is 12.3. The Hall–Kier alpha value is -3.73. The molecule has 17 heteroatoms. The number of β-lactam (4-membered cyclic amide) rings is 1. The third-order valence-corrected chi connectivity index (χ3v) is 11.0. The molecule has 43 heavy (non-hydrogen) atoms. The molecule has 1 saturated carbocycles. The number of hydrogen-bond donors (Lipinski definition) is 5. The van der Waals surface area contributed by atoms with Crippen LogP contribution in [0, 0.1) is 23.7 Å². The van der Waals surface area contributed by atoms with Crippen molar-refractivity contribution in [2.24, 2.45) is 40.1 Å². The number of carbonyl (C=O) groups excluding carboxylic acids is 3. The van der Waals surface area contributed by atoms with Crippen LogP contribution in [0.5, 0.6) is 0 Å². The molecule has 0 spiro atoms. The predicted molar refractivity (Wildman–Crippen MR) is 154 cm³/mol. The first-order chi connectivity index (χ1) is 20.5. The number of hydrogen-bond acceptors (Lipinski definition) is 10. The smallest absolute Gasteiger partial charge is 0.353 e. The number of carboxylic acids is 1. The Bertz CT molecular complexity index is 1350. The number of likely N-dealkylation sites (tertiary alicyclic amines) is 1. The molecule has 3 saturated heterocycles. The number of guanidine groups is 1. The first kappa shape index (κ1) is 29.3. The van der Waals surface area contributed by atoms with Crippen LogP contribution in [0.3, 0.4) is 0 Å². The van der Waals surface area contributed by atoms with Crippen molar-refractivity contribution in [3.05, 3.63) is 16.9 Å². The van der Waals surface area contributed by atoms with Crippen LogP contribution in [-0.2, 0) is 25.7 Å². The van der Waals surface area contributed by atoms with Gasteiger partial charge in [-0.2, -0.15) is 0 Å². The van der Waals surface area contributed by atoms with E-state index in [2.05, 4.69) is 31.2 Å². The molecule has 6 rings (SSSR count). The molecule has 4 fully saturated rings. The fourth-order valence-corrected chi connectivity index (χ4v) is 9.11. The van der Waals surface area contributed by atoms with Crippen molar-refractivity contribution in [2.75, 3.05) is 19.6 Å². The number of rotatable bonds is 9. The van der Waals surface area contributed by atoms with E-state index in [1.807, 2.05) is 11.8 Å². The van der Waals surface area contributed by atoms with Crippen LogP contribution in [-0.4, -0.2) is 114 Å². The van der Waals surface area contributed by atoms with Gasteiger partial charge in [-0.3, -0.25) is 19.4 Å². The van der Waals surface area contributed by atoms with Crippen LogP contribution in [0.4, 0.5) is 0 Å². The SMILES string of the molecule is CC(NC(=O)Cn1cnnn1)[C@H]1C(=O)N2C(C(=O)O)=C(SC3CN[C@H](C(=O)N4CC5CC(N=C(N)N)CC5C4)C3)[C@H](C)C12. The normalized spacial score (nSPS) is 33.7. The van der Waals surface area contributed by atoms with Crippen LogP contribution in [0.1, 0.15) is 33.1 Å². The average Bonchev–Trinajstić information content (AvgIpc) is 3.74. The summed E-state index contributed by atoms with van der Waals surface area (Å²) >= 11 is 1.45. The highest BCUT2D eigenvalue weighted by Gasteiger charge is 2.60. The maximum atomic E-state index is 13.4. The van der Waals surface area contributed by atoms with Gasteiger partial charge in [0.15, 0.2) is 5.96 Å². The van der Waals surface area contributed by atoms with Crippen LogP contribution >= 0.6 is 11.8 Å². The molecule has 232 valence electrons. The van der Waals surface area contributed by atoms with E-state index in [-0.39, 0.29) is 65.2 Å². The number of aliphatic carboxylic acids is 1. The molecular weight excluding hydrogens is 578 g/mol. The lowest BCUT2D eigenvalue weighted by atomic mass is 9.78. The van der Waals surface area contributed by atoms with Crippen molar-refractivity contribution >= 4 is 41.4 Å². The van der Waals surface area contributed by atoms with Gasteiger partial charge in [-0.15, -0.1) is 16.9 Å². The Morgan fingerprint density at radius 3 is 2.58 bits per heavy atom. The summed E-state index contributed by atoms with van der Waals surface area (Å²) in [5.41, 5.74) is 11.1. The van der Waals surface area contributed by atoms with Gasteiger partial charge in [0.25, 0.3) is 0 Å². The molecular formula is C26H37N11O5S. The number of aromatic nitrogens is 4. The number of carbonyl (C=O) groups is 4. The number of nitrogens with one attached hydrogen (secondary N) is 2. The van der Waals surface area contributed by atoms with Gasteiger partial charge in [-0.25, -0.2) is 9.48 Å². The lowest BCUT2D eigenvalue weighted by molar-refractivity contribution is -0.158. The number of tetrazole rings is 1. The molecule has 8 atom stereocenters. The number of nitrogens with zero attached hydrogens (tertiary/aromatic N) is 7. The van der Waals surface area contributed by atoms with Crippen LogP contribution in [0.25, 0.3) is 0 Å². The molecule has 7 N–H and O–H groups in total. The summed E-state index contributed by atoms with van der Waals surface area (Å²) in [5.74, 6) is -1.63. The summed E-state index contributed by atoms with van der Waals surface area (Å²) in [7, 11) is 0. The van der Waals surface area contributed by atoms with E-state index in [1.165, 1.54) is 27.7 Å². The summed E-state index contributed by atoms with van der Waals surface area (Å²) in [6, 6.07) is -1.09. The van der Waals surface area contributed by atoms with Crippen LogP contribution in [0.2, 0.25) is 0 Å². The number of aliphatic imine (C=N–C) groups is 1. The van der Waals surface area contributed by atoms with E-state index >= 15 is 0 Å². The Morgan fingerprint density at radius 2 is 1.95 bits per heavy atom. The third kappa shape index (κ3) is 5.43. The second kappa shape index (κ2) is 11.4. The standard InChI is InChI=1S/C26H37N11O5S/c1-11-20-19(12(2)31-18(38)9-36-10-30-33-34-36)24(40)37(20)21(25(41)42)22(11)43-16-5-17(29-6-16)23(39)35-7-13-3-15(32-26(27)28)4-14(13)8-35/h10-17,19-20,29H,3-9H2,1-2H3,(H,31,38)(H,41,42)(H4,27,28,32)/t11-,12?,13?,14?,15?,16?,17+,19-,20?/m1/s1. The molecule has 1 aromatic heterocycles. The fourth-order valence-electron chi connectivity index (χ4n) is 7.63. The Balaban J connectivity index is 1.05. The number of nitrogens with two attached hydrogens (primary N) is 2. The highest BCUT2D eigenvalue weighted by Crippen LogP contribution is 2.52. The average molecular weight is 616 g/mol. The monoisotopic (exact) mass is 615 g/mol. The summed E-state index contributed by atoms with van der Waals surface area (Å²) in [5, 5.41) is 27.0. The third-order valence-electron chi connectivity index (χ3n) is 9.47. The van der Waals surface area contributed by atoms with Crippen molar-refractivity contribution in [3.63, 3.8) is 0 Å². The van der Waals surface area contributed by atoms with Crippen molar-refractivity contribution in [1.82, 2.24) is 40.6 Å². The maximum absolute atomic E-state index is 13.4. The maximum Gasteiger partial charge on any atom is 0.353 e. The highest BCUT2D eigenvalue weighted by atomic mass is 32.2. The predicted octanol–water partition coefficient (Wildman–Crippen LogP) is -2.08. The minimum Gasteiger partial charge on any atom is -0.477 e. The van der Waals surface area contributed by atoms with Gasteiger partial charge in [0.2, 0.25) is 17.7 Å². The van der Waals surface area contributed by atoms with Crippen molar-refractivity contribution in [2.45, 2.75) is 69.1 Å². The molecule has 1 aromatic rings. The van der Waals surface area contributed by atoms with Crippen molar-refractivity contribution in [3.8, 4) is 0 Å². The zero-order valence-corrected chi connectivity index (χ0v) is 24.8. The second-order valence-corrected chi connectivity index (χ2v) is 13.6. The van der Waals surface area contributed by atoms with Crippen LogP contribution in [0.15, 0.2) is 21.9 Å². The molecule has 5 heterocycles. The van der Waals surface area contributed by atoms with Gasteiger partial charge in [0.1, 0.15) is 18.6 Å².